The van der Waals surface area contributed by atoms with E-state index in [0.29, 0.717) is 22.8 Å². The van der Waals surface area contributed by atoms with E-state index in [-0.39, 0.29) is 11.7 Å². The van der Waals surface area contributed by atoms with E-state index in [9.17, 15) is 9.18 Å². The predicted molar refractivity (Wildman–Crippen MR) is 119 cm³/mol. The summed E-state index contributed by atoms with van der Waals surface area (Å²) in [6.45, 7) is 8.81. The van der Waals surface area contributed by atoms with Gasteiger partial charge in [0.05, 0.1) is 23.4 Å². The van der Waals surface area contributed by atoms with Gasteiger partial charge < -0.3 is 4.74 Å². The number of carbonyl (C=O) groups is 1. The molecule has 7 heteroatoms. The molecular weight excluding hydrogens is 401 g/mol. The minimum absolute atomic E-state index is 0.0664. The number of morpholine rings is 1. The molecule has 1 aromatic heterocycles. The van der Waals surface area contributed by atoms with Gasteiger partial charge in [0, 0.05) is 31.7 Å². The average Bonchev–Trinajstić information content (AvgIpc) is 3.13. The SMILES string of the molecule is Cc1cc(C)cc(C(=O)N(CCCN2CCOCC2)c2nc3ccc(F)cc3s2)c1. The van der Waals surface area contributed by atoms with Gasteiger partial charge in [0.25, 0.3) is 5.91 Å². The fourth-order valence-electron chi connectivity index (χ4n) is 3.82. The summed E-state index contributed by atoms with van der Waals surface area (Å²) in [4.78, 5) is 22.2. The van der Waals surface area contributed by atoms with Crippen LogP contribution >= 0.6 is 11.3 Å². The highest BCUT2D eigenvalue weighted by Crippen LogP contribution is 2.30. The maximum absolute atomic E-state index is 13.7. The maximum Gasteiger partial charge on any atom is 0.260 e. The number of anilines is 1. The van der Waals surface area contributed by atoms with Crippen LogP contribution in [0.1, 0.15) is 27.9 Å². The smallest absolute Gasteiger partial charge is 0.260 e. The molecule has 1 saturated heterocycles. The lowest BCUT2D eigenvalue weighted by molar-refractivity contribution is 0.0376. The maximum atomic E-state index is 13.7. The summed E-state index contributed by atoms with van der Waals surface area (Å²) in [5, 5.41) is 0.613. The van der Waals surface area contributed by atoms with Crippen LogP contribution < -0.4 is 4.90 Å². The van der Waals surface area contributed by atoms with E-state index < -0.39 is 0 Å². The molecule has 3 aromatic rings. The molecule has 0 saturated carbocycles. The molecule has 5 nitrogen and oxygen atoms in total. The third-order valence-corrected chi connectivity index (χ3v) is 6.28. The van der Waals surface area contributed by atoms with Crippen molar-refractivity contribution in [1.29, 1.82) is 0 Å². The normalized spacial score (nSPS) is 14.9. The molecule has 0 radical (unpaired) electrons. The number of nitrogens with zero attached hydrogens (tertiary/aromatic N) is 3. The molecule has 0 atom stereocenters. The van der Waals surface area contributed by atoms with Gasteiger partial charge in [-0.25, -0.2) is 9.37 Å². The zero-order chi connectivity index (χ0) is 21.1. The Morgan fingerprint density at radius 1 is 1.17 bits per heavy atom. The molecule has 0 unspecified atom stereocenters. The number of rotatable bonds is 6. The van der Waals surface area contributed by atoms with Crippen LogP contribution in [0.15, 0.2) is 36.4 Å². The Morgan fingerprint density at radius 2 is 1.90 bits per heavy atom. The number of fused-ring (bicyclic) bond motifs is 1. The van der Waals surface area contributed by atoms with E-state index in [4.69, 9.17) is 4.74 Å². The average molecular weight is 428 g/mol. The quantitative estimate of drug-likeness (QED) is 0.584. The highest BCUT2D eigenvalue weighted by Gasteiger charge is 2.22. The van der Waals surface area contributed by atoms with Crippen molar-refractivity contribution in [2.45, 2.75) is 20.3 Å². The van der Waals surface area contributed by atoms with Gasteiger partial charge in [0.1, 0.15) is 5.82 Å². The van der Waals surface area contributed by atoms with E-state index in [2.05, 4.69) is 16.0 Å². The lowest BCUT2D eigenvalue weighted by atomic mass is 10.1. The van der Waals surface area contributed by atoms with Crippen molar-refractivity contribution in [3.63, 3.8) is 0 Å². The molecule has 2 aromatic carbocycles. The van der Waals surface area contributed by atoms with Crippen molar-refractivity contribution < 1.29 is 13.9 Å². The molecule has 1 amide bonds. The summed E-state index contributed by atoms with van der Waals surface area (Å²) in [6, 6.07) is 10.4. The molecule has 0 aliphatic carbocycles. The summed E-state index contributed by atoms with van der Waals surface area (Å²) >= 11 is 1.36. The third kappa shape index (κ3) is 4.86. The number of hydrogen-bond donors (Lipinski definition) is 0. The van der Waals surface area contributed by atoms with Gasteiger partial charge in [-0.2, -0.15) is 0 Å². The first-order chi connectivity index (χ1) is 14.5. The Bertz CT molecular complexity index is 1030. The first-order valence-corrected chi connectivity index (χ1v) is 11.1. The molecule has 0 bridgehead atoms. The number of halogens is 1. The number of ether oxygens (including phenoxy) is 1. The number of aryl methyl sites for hydroxylation is 2. The topological polar surface area (TPSA) is 45.7 Å². The number of aromatic nitrogens is 1. The summed E-state index contributed by atoms with van der Waals surface area (Å²) in [6.07, 6.45) is 0.834. The van der Waals surface area contributed by atoms with Crippen LogP contribution in [0, 0.1) is 19.7 Å². The van der Waals surface area contributed by atoms with Crippen LogP contribution in [0.2, 0.25) is 0 Å². The molecule has 2 heterocycles. The van der Waals surface area contributed by atoms with Gasteiger partial charge in [-0.3, -0.25) is 14.6 Å². The summed E-state index contributed by atoms with van der Waals surface area (Å²) in [5.74, 6) is -0.361. The molecule has 0 N–H and O–H groups in total. The molecule has 158 valence electrons. The van der Waals surface area contributed by atoms with E-state index in [0.717, 1.165) is 55.1 Å². The molecule has 1 fully saturated rings. The number of carbonyl (C=O) groups excluding carboxylic acids is 1. The second-order valence-corrected chi connectivity index (χ2v) is 8.76. The number of benzene rings is 2. The van der Waals surface area contributed by atoms with Crippen LogP contribution in [0.4, 0.5) is 9.52 Å². The molecule has 1 aliphatic rings. The number of thiazole rings is 1. The van der Waals surface area contributed by atoms with E-state index in [1.54, 1.807) is 11.0 Å². The van der Waals surface area contributed by atoms with E-state index in [1.807, 2.05) is 26.0 Å². The molecule has 0 spiro atoms. The zero-order valence-electron chi connectivity index (χ0n) is 17.4. The van der Waals surface area contributed by atoms with Crippen molar-refractivity contribution >= 4 is 32.6 Å². The van der Waals surface area contributed by atoms with Crippen LogP contribution in [0.5, 0.6) is 0 Å². The predicted octanol–water partition coefficient (Wildman–Crippen LogP) is 4.42. The number of hydrogen-bond acceptors (Lipinski definition) is 5. The van der Waals surface area contributed by atoms with Crippen LogP contribution in [-0.4, -0.2) is 55.2 Å². The van der Waals surface area contributed by atoms with Gasteiger partial charge in [-0.15, -0.1) is 0 Å². The van der Waals surface area contributed by atoms with Gasteiger partial charge in [-0.05, 0) is 50.6 Å². The fraction of sp³-hybridized carbons (Fsp3) is 0.391. The van der Waals surface area contributed by atoms with Crippen LogP contribution in [0.3, 0.4) is 0 Å². The summed E-state index contributed by atoms with van der Waals surface area (Å²) < 4.78 is 19.8. The second-order valence-electron chi connectivity index (χ2n) is 7.75. The lowest BCUT2D eigenvalue weighted by Gasteiger charge is -2.27. The largest absolute Gasteiger partial charge is 0.379 e. The van der Waals surface area contributed by atoms with Crippen molar-refractivity contribution in [1.82, 2.24) is 9.88 Å². The Kier molecular flexibility index (Phi) is 6.41. The minimum Gasteiger partial charge on any atom is -0.379 e. The Labute approximate surface area is 180 Å². The standard InChI is InChI=1S/C23H26FN3O2S/c1-16-12-17(2)14-18(13-16)22(28)27(7-3-6-26-8-10-29-11-9-26)23-25-20-5-4-19(24)15-21(20)30-23/h4-5,12-15H,3,6-11H2,1-2H3. The molecule has 30 heavy (non-hydrogen) atoms. The van der Waals surface area contributed by atoms with Gasteiger partial charge >= 0.3 is 0 Å². The van der Waals surface area contributed by atoms with Crippen molar-refractivity contribution in [2.75, 3.05) is 44.3 Å². The highest BCUT2D eigenvalue weighted by molar-refractivity contribution is 7.22. The summed E-state index contributed by atoms with van der Waals surface area (Å²) in [5.41, 5.74) is 3.48. The number of amides is 1. The van der Waals surface area contributed by atoms with Crippen molar-refractivity contribution in [2.24, 2.45) is 0 Å². The highest BCUT2D eigenvalue weighted by atomic mass is 32.1. The molecule has 4 rings (SSSR count). The van der Waals surface area contributed by atoms with Crippen molar-refractivity contribution in [3.05, 3.63) is 58.9 Å². The van der Waals surface area contributed by atoms with Crippen LogP contribution in [0.25, 0.3) is 10.2 Å². The first-order valence-electron chi connectivity index (χ1n) is 10.3. The summed E-state index contributed by atoms with van der Waals surface area (Å²) in [7, 11) is 0. The van der Waals surface area contributed by atoms with Gasteiger partial charge in [0.15, 0.2) is 5.13 Å². The Balaban J connectivity index is 1.59. The third-order valence-electron chi connectivity index (χ3n) is 5.24. The Morgan fingerprint density at radius 3 is 2.63 bits per heavy atom. The van der Waals surface area contributed by atoms with Crippen LogP contribution in [-0.2, 0) is 4.74 Å². The van der Waals surface area contributed by atoms with E-state index in [1.165, 1.54) is 23.5 Å². The Hall–Kier alpha value is -2.35. The monoisotopic (exact) mass is 427 g/mol. The first kappa shape index (κ1) is 20.9. The fourth-order valence-corrected chi connectivity index (χ4v) is 4.83. The second kappa shape index (κ2) is 9.20. The van der Waals surface area contributed by atoms with Crippen molar-refractivity contribution in [3.8, 4) is 0 Å². The minimum atomic E-state index is -0.294. The molecule has 1 aliphatic heterocycles. The van der Waals surface area contributed by atoms with Gasteiger partial charge in [-0.1, -0.05) is 28.5 Å². The zero-order valence-corrected chi connectivity index (χ0v) is 18.2. The lowest BCUT2D eigenvalue weighted by Crippen LogP contribution is -2.39. The van der Waals surface area contributed by atoms with E-state index >= 15 is 0 Å². The van der Waals surface area contributed by atoms with Gasteiger partial charge in [0.2, 0.25) is 0 Å². The molecular formula is C23H26FN3O2S.